The molecular weight excluding hydrogens is 278 g/mol. The van der Waals surface area contributed by atoms with Crippen LogP contribution >= 0.6 is 11.3 Å². The largest absolute Gasteiger partial charge is 0.481 e. The van der Waals surface area contributed by atoms with Crippen LogP contribution in [0.5, 0.6) is 0 Å². The molecule has 1 aromatic rings. The van der Waals surface area contributed by atoms with Crippen LogP contribution in [0.25, 0.3) is 0 Å². The van der Waals surface area contributed by atoms with Gasteiger partial charge in [0.15, 0.2) is 0 Å². The second-order valence-electron chi connectivity index (χ2n) is 4.86. The van der Waals surface area contributed by atoms with Crippen LogP contribution in [0, 0.1) is 0 Å². The third kappa shape index (κ3) is 3.77. The predicted octanol–water partition coefficient (Wildman–Crippen LogP) is 0.871. The van der Waals surface area contributed by atoms with Crippen molar-refractivity contribution in [3.05, 3.63) is 16.1 Å². The van der Waals surface area contributed by atoms with Crippen molar-refractivity contribution >= 4 is 23.2 Å². The predicted molar refractivity (Wildman–Crippen MR) is 75.6 cm³/mol. The number of carboxylic acids is 1. The van der Waals surface area contributed by atoms with Crippen LogP contribution in [0.3, 0.4) is 0 Å². The van der Waals surface area contributed by atoms with Crippen LogP contribution in [0.15, 0.2) is 5.38 Å². The number of amides is 1. The third-order valence-corrected chi connectivity index (χ3v) is 4.20. The van der Waals surface area contributed by atoms with Crippen molar-refractivity contribution in [3.8, 4) is 0 Å². The maximum Gasteiger partial charge on any atom is 0.305 e. The van der Waals surface area contributed by atoms with Crippen LogP contribution < -0.4 is 5.32 Å². The molecule has 1 aromatic heterocycles. The first-order valence-electron chi connectivity index (χ1n) is 6.77. The summed E-state index contributed by atoms with van der Waals surface area (Å²) in [7, 11) is 0. The summed E-state index contributed by atoms with van der Waals surface area (Å²) in [4.78, 5) is 29.1. The summed E-state index contributed by atoms with van der Waals surface area (Å²) < 4.78 is 0. The van der Waals surface area contributed by atoms with E-state index < -0.39 is 12.0 Å². The lowest BCUT2D eigenvalue weighted by Crippen LogP contribution is -2.55. The highest BCUT2D eigenvalue weighted by molar-refractivity contribution is 7.09. The number of carboxylic acid groups (broad SMARTS) is 1. The molecule has 0 aliphatic carbocycles. The van der Waals surface area contributed by atoms with E-state index in [1.54, 1.807) is 11.3 Å². The number of nitrogens with zero attached hydrogens (tertiary/aromatic N) is 2. The minimum absolute atomic E-state index is 0.169. The second kappa shape index (κ2) is 6.81. The average molecular weight is 297 g/mol. The molecule has 0 bridgehead atoms. The van der Waals surface area contributed by atoms with Gasteiger partial charge in [0.2, 0.25) is 5.91 Å². The van der Waals surface area contributed by atoms with Crippen LogP contribution in [-0.2, 0) is 22.6 Å². The zero-order valence-electron chi connectivity index (χ0n) is 11.5. The fourth-order valence-electron chi connectivity index (χ4n) is 2.30. The highest BCUT2D eigenvalue weighted by Gasteiger charge is 2.31. The average Bonchev–Trinajstić information content (AvgIpc) is 2.81. The molecule has 1 unspecified atom stereocenters. The first kappa shape index (κ1) is 14.9. The summed E-state index contributed by atoms with van der Waals surface area (Å²) in [6.45, 7) is 3.86. The number of aromatic nitrogens is 1. The number of hydrogen-bond donors (Lipinski definition) is 2. The van der Waals surface area contributed by atoms with Gasteiger partial charge in [-0.25, -0.2) is 4.98 Å². The van der Waals surface area contributed by atoms with Gasteiger partial charge in [0.05, 0.1) is 17.1 Å². The molecule has 0 spiro atoms. The van der Waals surface area contributed by atoms with Crippen molar-refractivity contribution in [1.29, 1.82) is 0 Å². The van der Waals surface area contributed by atoms with E-state index in [2.05, 4.69) is 17.2 Å². The number of piperazine rings is 1. The van der Waals surface area contributed by atoms with Crippen molar-refractivity contribution < 1.29 is 14.7 Å². The molecule has 1 atom stereocenters. The summed E-state index contributed by atoms with van der Waals surface area (Å²) >= 11 is 1.62. The molecule has 110 valence electrons. The molecule has 6 nitrogen and oxygen atoms in total. The summed E-state index contributed by atoms with van der Waals surface area (Å²) in [5.74, 6) is -1.16. The maximum atomic E-state index is 11.8. The minimum Gasteiger partial charge on any atom is -0.481 e. The molecule has 1 aliphatic rings. The Balaban J connectivity index is 2.03. The Bertz CT molecular complexity index is 489. The summed E-state index contributed by atoms with van der Waals surface area (Å²) in [5, 5.41) is 14.7. The van der Waals surface area contributed by atoms with E-state index in [0.717, 1.165) is 23.5 Å². The van der Waals surface area contributed by atoms with Gasteiger partial charge in [0.25, 0.3) is 0 Å². The molecule has 20 heavy (non-hydrogen) atoms. The molecule has 0 aromatic carbocycles. The zero-order chi connectivity index (χ0) is 14.5. The Morgan fingerprint density at radius 1 is 1.65 bits per heavy atom. The van der Waals surface area contributed by atoms with E-state index in [0.29, 0.717) is 19.6 Å². The number of carbonyl (C=O) groups is 2. The molecule has 1 aliphatic heterocycles. The van der Waals surface area contributed by atoms with Crippen LogP contribution in [0.2, 0.25) is 0 Å². The molecular formula is C13H19N3O3S. The first-order valence-corrected chi connectivity index (χ1v) is 7.65. The van der Waals surface area contributed by atoms with Crippen molar-refractivity contribution in [2.45, 2.75) is 38.8 Å². The standard InChI is InChI=1S/C13H19N3O3S/c1-2-3-11-15-9(8-20-11)7-16-5-4-14-13(19)10(16)6-12(17)18/h8,10H,2-7H2,1H3,(H,14,19)(H,17,18). The lowest BCUT2D eigenvalue weighted by Gasteiger charge is -2.33. The van der Waals surface area contributed by atoms with Crippen molar-refractivity contribution in [2.24, 2.45) is 0 Å². The fraction of sp³-hybridized carbons (Fsp3) is 0.615. The molecule has 2 heterocycles. The number of rotatable bonds is 6. The zero-order valence-corrected chi connectivity index (χ0v) is 12.3. The van der Waals surface area contributed by atoms with Gasteiger partial charge >= 0.3 is 5.97 Å². The Kier molecular flexibility index (Phi) is 5.08. The lowest BCUT2D eigenvalue weighted by molar-refractivity contribution is -0.143. The monoisotopic (exact) mass is 297 g/mol. The number of aryl methyl sites for hydroxylation is 1. The van der Waals surface area contributed by atoms with Gasteiger partial charge < -0.3 is 10.4 Å². The molecule has 2 rings (SSSR count). The Morgan fingerprint density at radius 2 is 2.45 bits per heavy atom. The number of aliphatic carboxylic acids is 1. The second-order valence-corrected chi connectivity index (χ2v) is 5.80. The van der Waals surface area contributed by atoms with Crippen LogP contribution in [-0.4, -0.2) is 46.0 Å². The highest BCUT2D eigenvalue weighted by Crippen LogP contribution is 2.17. The summed E-state index contributed by atoms with van der Waals surface area (Å²) in [6.07, 6.45) is 1.85. The highest BCUT2D eigenvalue weighted by atomic mass is 32.1. The first-order chi connectivity index (χ1) is 9.60. The number of thiazole rings is 1. The minimum atomic E-state index is -0.956. The van der Waals surface area contributed by atoms with Crippen LogP contribution in [0.1, 0.15) is 30.5 Å². The van der Waals surface area contributed by atoms with Crippen molar-refractivity contribution in [3.63, 3.8) is 0 Å². The Morgan fingerprint density at radius 3 is 3.15 bits per heavy atom. The Labute approximate surface area is 121 Å². The smallest absolute Gasteiger partial charge is 0.305 e. The summed E-state index contributed by atoms with van der Waals surface area (Å²) in [5.41, 5.74) is 0.920. The molecule has 1 amide bonds. The van der Waals surface area contributed by atoms with Gasteiger partial charge in [0, 0.05) is 25.0 Å². The molecule has 2 N–H and O–H groups in total. The number of nitrogens with one attached hydrogen (secondary N) is 1. The number of carbonyl (C=O) groups excluding carboxylic acids is 1. The molecule has 7 heteroatoms. The topological polar surface area (TPSA) is 82.5 Å². The molecule has 0 saturated carbocycles. The molecule has 1 saturated heterocycles. The SMILES string of the molecule is CCCc1nc(CN2CCNC(=O)C2CC(=O)O)cs1. The van der Waals surface area contributed by atoms with Gasteiger partial charge in [-0.1, -0.05) is 6.92 Å². The van der Waals surface area contributed by atoms with E-state index in [9.17, 15) is 9.59 Å². The summed E-state index contributed by atoms with van der Waals surface area (Å²) in [6, 6.07) is -0.599. The normalized spacial score (nSPS) is 19.9. The lowest BCUT2D eigenvalue weighted by atomic mass is 10.1. The van der Waals surface area contributed by atoms with E-state index in [4.69, 9.17) is 5.11 Å². The quantitative estimate of drug-likeness (QED) is 0.814. The fourth-order valence-corrected chi connectivity index (χ4v) is 3.19. The van der Waals surface area contributed by atoms with Gasteiger partial charge in [-0.3, -0.25) is 14.5 Å². The molecule has 1 fully saturated rings. The van der Waals surface area contributed by atoms with Crippen molar-refractivity contribution in [1.82, 2.24) is 15.2 Å². The van der Waals surface area contributed by atoms with E-state index >= 15 is 0 Å². The van der Waals surface area contributed by atoms with Crippen molar-refractivity contribution in [2.75, 3.05) is 13.1 Å². The van der Waals surface area contributed by atoms with E-state index in [1.807, 2.05) is 10.3 Å². The third-order valence-electron chi connectivity index (χ3n) is 3.24. The van der Waals surface area contributed by atoms with E-state index in [1.165, 1.54) is 0 Å². The van der Waals surface area contributed by atoms with Gasteiger partial charge in [-0.15, -0.1) is 11.3 Å². The Hall–Kier alpha value is -1.47. The maximum absolute atomic E-state index is 11.8. The van der Waals surface area contributed by atoms with Gasteiger partial charge in [-0.2, -0.15) is 0 Å². The molecule has 0 radical (unpaired) electrons. The van der Waals surface area contributed by atoms with E-state index in [-0.39, 0.29) is 12.3 Å². The van der Waals surface area contributed by atoms with Gasteiger partial charge in [0.1, 0.15) is 6.04 Å². The van der Waals surface area contributed by atoms with Gasteiger partial charge in [-0.05, 0) is 12.8 Å². The number of hydrogen-bond acceptors (Lipinski definition) is 5. The van der Waals surface area contributed by atoms with Crippen LogP contribution in [0.4, 0.5) is 0 Å².